The number of hydrogen-bond donors (Lipinski definition) is 1. The van der Waals surface area contributed by atoms with Crippen LogP contribution in [0.4, 0.5) is 0 Å². The van der Waals surface area contributed by atoms with Gasteiger partial charge in [-0.2, -0.15) is 0 Å². The SMILES string of the molecule is NC(=O)C=Cc1ccc(C=O)nc1. The second kappa shape index (κ2) is 4.15. The molecule has 13 heavy (non-hydrogen) atoms. The van der Waals surface area contributed by atoms with Gasteiger partial charge in [-0.3, -0.25) is 14.6 Å². The maximum Gasteiger partial charge on any atom is 0.241 e. The Morgan fingerprint density at radius 3 is 2.69 bits per heavy atom. The molecule has 0 spiro atoms. The Labute approximate surface area is 75.1 Å². The van der Waals surface area contributed by atoms with Crippen LogP contribution in [0.15, 0.2) is 24.4 Å². The molecule has 0 aliphatic carbocycles. The van der Waals surface area contributed by atoms with Crippen LogP contribution in [0.3, 0.4) is 0 Å². The minimum Gasteiger partial charge on any atom is -0.366 e. The van der Waals surface area contributed by atoms with Crippen LogP contribution >= 0.6 is 0 Å². The average molecular weight is 176 g/mol. The summed E-state index contributed by atoms with van der Waals surface area (Å²) < 4.78 is 0. The van der Waals surface area contributed by atoms with E-state index in [1.54, 1.807) is 12.1 Å². The molecule has 0 fully saturated rings. The van der Waals surface area contributed by atoms with Gasteiger partial charge in [0.2, 0.25) is 5.91 Å². The van der Waals surface area contributed by atoms with E-state index in [0.717, 1.165) is 5.56 Å². The highest BCUT2D eigenvalue weighted by Gasteiger charge is 1.91. The van der Waals surface area contributed by atoms with E-state index < -0.39 is 5.91 Å². The Morgan fingerprint density at radius 1 is 1.46 bits per heavy atom. The van der Waals surface area contributed by atoms with Crippen molar-refractivity contribution >= 4 is 18.3 Å². The molecule has 0 aliphatic rings. The first-order valence-corrected chi connectivity index (χ1v) is 3.61. The summed E-state index contributed by atoms with van der Waals surface area (Å²) in [4.78, 5) is 24.4. The summed E-state index contributed by atoms with van der Waals surface area (Å²) in [6.07, 6.45) is 4.91. The van der Waals surface area contributed by atoms with Crippen molar-refractivity contribution in [2.75, 3.05) is 0 Å². The molecule has 1 rings (SSSR count). The normalized spacial score (nSPS) is 10.2. The molecule has 1 amide bonds. The Bertz CT molecular complexity index is 341. The van der Waals surface area contributed by atoms with Crippen molar-refractivity contribution in [1.82, 2.24) is 4.98 Å². The van der Waals surface area contributed by atoms with Crippen LogP contribution < -0.4 is 5.73 Å². The zero-order valence-corrected chi connectivity index (χ0v) is 6.81. The summed E-state index contributed by atoms with van der Waals surface area (Å²) in [6.45, 7) is 0. The third-order valence-corrected chi connectivity index (χ3v) is 1.37. The Morgan fingerprint density at radius 2 is 2.23 bits per heavy atom. The van der Waals surface area contributed by atoms with Crippen LogP contribution in [-0.4, -0.2) is 17.2 Å². The van der Waals surface area contributed by atoms with E-state index in [0.29, 0.717) is 12.0 Å². The summed E-state index contributed by atoms with van der Waals surface area (Å²) in [5.74, 6) is -0.514. The van der Waals surface area contributed by atoms with Crippen LogP contribution in [0, 0.1) is 0 Å². The van der Waals surface area contributed by atoms with Gasteiger partial charge < -0.3 is 5.73 Å². The van der Waals surface area contributed by atoms with E-state index in [4.69, 9.17) is 5.73 Å². The van der Waals surface area contributed by atoms with Crippen molar-refractivity contribution < 1.29 is 9.59 Å². The molecule has 0 saturated heterocycles. The minimum atomic E-state index is -0.514. The lowest BCUT2D eigenvalue weighted by Gasteiger charge is -1.91. The summed E-state index contributed by atoms with van der Waals surface area (Å²) in [5, 5.41) is 0. The van der Waals surface area contributed by atoms with E-state index >= 15 is 0 Å². The number of aldehydes is 1. The van der Waals surface area contributed by atoms with E-state index in [1.807, 2.05) is 0 Å². The number of nitrogens with zero attached hydrogens (tertiary/aromatic N) is 1. The number of hydrogen-bond acceptors (Lipinski definition) is 3. The second-order valence-electron chi connectivity index (χ2n) is 2.37. The summed E-state index contributed by atoms with van der Waals surface area (Å²) >= 11 is 0. The minimum absolute atomic E-state index is 0.358. The van der Waals surface area contributed by atoms with Crippen LogP contribution in [0.5, 0.6) is 0 Å². The van der Waals surface area contributed by atoms with Crippen LogP contribution in [0.25, 0.3) is 6.08 Å². The first-order chi connectivity index (χ1) is 6.22. The predicted octanol–water partition coefficient (Wildman–Crippen LogP) is 0.393. The number of amides is 1. The molecular formula is C9H8N2O2. The van der Waals surface area contributed by atoms with Gasteiger partial charge >= 0.3 is 0 Å². The van der Waals surface area contributed by atoms with Gasteiger partial charge in [0, 0.05) is 12.3 Å². The number of primary amides is 1. The number of aromatic nitrogens is 1. The topological polar surface area (TPSA) is 73.1 Å². The average Bonchev–Trinajstić information content (AvgIpc) is 2.15. The molecule has 0 aromatic carbocycles. The maximum absolute atomic E-state index is 10.4. The molecule has 4 nitrogen and oxygen atoms in total. The van der Waals surface area contributed by atoms with E-state index in [2.05, 4.69) is 4.98 Å². The number of nitrogens with two attached hydrogens (primary N) is 1. The van der Waals surface area contributed by atoms with Gasteiger partial charge in [-0.15, -0.1) is 0 Å². The Kier molecular flexibility index (Phi) is 2.92. The molecule has 0 saturated carbocycles. The largest absolute Gasteiger partial charge is 0.366 e. The zero-order valence-electron chi connectivity index (χ0n) is 6.81. The van der Waals surface area contributed by atoms with Crippen LogP contribution in [0.2, 0.25) is 0 Å². The standard InChI is InChI=1S/C9H8N2O2/c10-9(13)4-2-7-1-3-8(6-12)11-5-7/h1-6H,(H2,10,13). The van der Waals surface area contributed by atoms with Crippen molar-refractivity contribution in [2.24, 2.45) is 5.73 Å². The fourth-order valence-electron chi connectivity index (χ4n) is 0.763. The molecule has 66 valence electrons. The second-order valence-corrected chi connectivity index (χ2v) is 2.37. The lowest BCUT2D eigenvalue weighted by Crippen LogP contribution is -2.05. The molecule has 0 bridgehead atoms. The third kappa shape index (κ3) is 2.86. The van der Waals surface area contributed by atoms with Gasteiger partial charge in [0.25, 0.3) is 0 Å². The van der Waals surface area contributed by atoms with Gasteiger partial charge in [0.1, 0.15) is 5.69 Å². The molecular weight excluding hydrogens is 168 g/mol. The van der Waals surface area contributed by atoms with Crippen LogP contribution in [0.1, 0.15) is 16.1 Å². The summed E-state index contributed by atoms with van der Waals surface area (Å²) in [6, 6.07) is 3.24. The maximum atomic E-state index is 10.4. The molecule has 0 aliphatic heterocycles. The molecule has 0 atom stereocenters. The molecule has 4 heteroatoms. The van der Waals surface area contributed by atoms with Crippen molar-refractivity contribution in [3.05, 3.63) is 35.7 Å². The summed E-state index contributed by atoms with van der Waals surface area (Å²) in [7, 11) is 0. The van der Waals surface area contributed by atoms with Gasteiger partial charge in [-0.05, 0) is 17.7 Å². The van der Waals surface area contributed by atoms with Crippen molar-refractivity contribution in [3.8, 4) is 0 Å². The molecule has 1 aromatic rings. The smallest absolute Gasteiger partial charge is 0.241 e. The number of rotatable bonds is 3. The molecule has 2 N–H and O–H groups in total. The number of carbonyl (C=O) groups excluding carboxylic acids is 2. The quantitative estimate of drug-likeness (QED) is 0.535. The Hall–Kier alpha value is -1.97. The third-order valence-electron chi connectivity index (χ3n) is 1.37. The lowest BCUT2D eigenvalue weighted by molar-refractivity contribution is -0.113. The van der Waals surface area contributed by atoms with E-state index in [1.165, 1.54) is 18.3 Å². The first-order valence-electron chi connectivity index (χ1n) is 3.61. The highest BCUT2D eigenvalue weighted by Crippen LogP contribution is 2.00. The van der Waals surface area contributed by atoms with Gasteiger partial charge in [0.15, 0.2) is 6.29 Å². The number of carbonyl (C=O) groups is 2. The molecule has 1 aromatic heterocycles. The van der Waals surface area contributed by atoms with Crippen molar-refractivity contribution in [3.63, 3.8) is 0 Å². The highest BCUT2D eigenvalue weighted by atomic mass is 16.1. The Balaban J connectivity index is 2.80. The van der Waals surface area contributed by atoms with Gasteiger partial charge in [-0.1, -0.05) is 6.07 Å². The zero-order chi connectivity index (χ0) is 9.68. The van der Waals surface area contributed by atoms with Crippen molar-refractivity contribution in [2.45, 2.75) is 0 Å². The van der Waals surface area contributed by atoms with Crippen molar-refractivity contribution in [1.29, 1.82) is 0 Å². The number of pyridine rings is 1. The highest BCUT2D eigenvalue weighted by molar-refractivity contribution is 5.90. The van der Waals surface area contributed by atoms with Crippen LogP contribution in [-0.2, 0) is 4.79 Å². The fraction of sp³-hybridized carbons (Fsp3) is 0. The molecule has 0 unspecified atom stereocenters. The molecule has 1 heterocycles. The van der Waals surface area contributed by atoms with Gasteiger partial charge in [0.05, 0.1) is 0 Å². The molecule has 0 radical (unpaired) electrons. The lowest BCUT2D eigenvalue weighted by atomic mass is 10.2. The monoisotopic (exact) mass is 176 g/mol. The first kappa shape index (κ1) is 9.12. The summed E-state index contributed by atoms with van der Waals surface area (Å²) in [5.41, 5.74) is 5.98. The fourth-order valence-corrected chi connectivity index (χ4v) is 0.763. The van der Waals surface area contributed by atoms with E-state index in [-0.39, 0.29) is 0 Å². The predicted molar refractivity (Wildman–Crippen MR) is 47.9 cm³/mol. The van der Waals surface area contributed by atoms with Gasteiger partial charge in [-0.25, -0.2) is 0 Å². The van der Waals surface area contributed by atoms with E-state index in [9.17, 15) is 9.59 Å².